The van der Waals surface area contributed by atoms with Gasteiger partial charge in [0.25, 0.3) is 0 Å². The highest BCUT2D eigenvalue weighted by Crippen LogP contribution is 2.26. The number of nitrogens with zero attached hydrogens (tertiary/aromatic N) is 3. The highest BCUT2D eigenvalue weighted by atomic mass is 32.2. The predicted molar refractivity (Wildman–Crippen MR) is 150 cm³/mol. The minimum absolute atomic E-state index is 0.0275. The van der Waals surface area contributed by atoms with Gasteiger partial charge in [0, 0.05) is 37.2 Å². The van der Waals surface area contributed by atoms with Gasteiger partial charge < -0.3 is 14.6 Å². The maximum atomic E-state index is 13.7. The summed E-state index contributed by atoms with van der Waals surface area (Å²) in [6, 6.07) is 18.1. The van der Waals surface area contributed by atoms with Gasteiger partial charge in [-0.1, -0.05) is 65.9 Å². The molecule has 0 spiro atoms. The molecule has 1 amide bonds. The molecule has 0 radical (unpaired) electrons. The summed E-state index contributed by atoms with van der Waals surface area (Å²) < 4.78 is 21.2. The highest BCUT2D eigenvalue weighted by molar-refractivity contribution is 7.99. The van der Waals surface area contributed by atoms with Crippen molar-refractivity contribution in [2.45, 2.75) is 63.2 Å². The van der Waals surface area contributed by atoms with Crippen molar-refractivity contribution in [3.8, 4) is 5.75 Å². The van der Waals surface area contributed by atoms with E-state index in [1.54, 1.807) is 31.0 Å². The molecule has 0 fully saturated rings. The Morgan fingerprint density at radius 1 is 1.08 bits per heavy atom. The zero-order valence-electron chi connectivity index (χ0n) is 21.9. The van der Waals surface area contributed by atoms with Crippen molar-refractivity contribution in [3.05, 3.63) is 95.1 Å². The molecule has 3 aromatic rings. The van der Waals surface area contributed by atoms with Crippen molar-refractivity contribution in [1.29, 1.82) is 0 Å². The Morgan fingerprint density at radius 3 is 2.71 bits per heavy atom. The second-order valence-electron chi connectivity index (χ2n) is 9.30. The van der Waals surface area contributed by atoms with Crippen LogP contribution in [-0.2, 0) is 30.7 Å². The van der Waals surface area contributed by atoms with E-state index < -0.39 is 0 Å². The van der Waals surface area contributed by atoms with Crippen molar-refractivity contribution in [2.75, 3.05) is 12.9 Å². The molecule has 1 aliphatic carbocycles. The van der Waals surface area contributed by atoms with Crippen molar-refractivity contribution < 1.29 is 13.9 Å². The third-order valence-corrected chi connectivity index (χ3v) is 7.59. The fourth-order valence-corrected chi connectivity index (χ4v) is 5.41. The van der Waals surface area contributed by atoms with Crippen LogP contribution in [-0.4, -0.2) is 33.5 Å². The van der Waals surface area contributed by atoms with Crippen LogP contribution >= 0.6 is 11.8 Å². The topological polar surface area (TPSA) is 69.0 Å². The van der Waals surface area contributed by atoms with Gasteiger partial charge in [0.1, 0.15) is 17.4 Å². The molecule has 0 atom stereocenters. The Balaban J connectivity index is 1.30. The zero-order valence-corrected chi connectivity index (χ0v) is 22.7. The number of benzene rings is 2. The molecule has 1 aliphatic rings. The lowest BCUT2D eigenvalue weighted by molar-refractivity contribution is -0.121. The highest BCUT2D eigenvalue weighted by Gasteiger charge is 2.15. The summed E-state index contributed by atoms with van der Waals surface area (Å²) in [7, 11) is 1.63. The monoisotopic (exact) mass is 534 g/mol. The summed E-state index contributed by atoms with van der Waals surface area (Å²) in [5.41, 5.74) is 3.31. The Morgan fingerprint density at radius 2 is 1.89 bits per heavy atom. The quantitative estimate of drug-likeness (QED) is 0.196. The first-order valence-electron chi connectivity index (χ1n) is 13.1. The molecule has 1 N–H and O–H groups in total. The SMILES string of the molecule is COc1ccccc1CNC(=O)CCCCc1nnc(SCC2=CC(F)=CCC2)n1CCc1ccccc1. The molecule has 0 saturated heterocycles. The minimum atomic E-state index is -0.148. The Kier molecular flexibility index (Phi) is 10.6. The predicted octanol–water partition coefficient (Wildman–Crippen LogP) is 6.22. The van der Waals surface area contributed by atoms with E-state index in [4.69, 9.17) is 4.74 Å². The fraction of sp³-hybridized carbons (Fsp3) is 0.367. The molecule has 8 heteroatoms. The Bertz CT molecular complexity index is 1260. The summed E-state index contributed by atoms with van der Waals surface area (Å²) >= 11 is 1.62. The lowest BCUT2D eigenvalue weighted by atomic mass is 10.1. The number of rotatable bonds is 14. The number of allylic oxidation sites excluding steroid dienone is 3. The number of ether oxygens (including phenoxy) is 1. The summed E-state index contributed by atoms with van der Waals surface area (Å²) in [6.45, 7) is 1.23. The fourth-order valence-electron chi connectivity index (χ4n) is 4.41. The number of para-hydroxylation sites is 1. The Labute approximate surface area is 228 Å². The second-order valence-corrected chi connectivity index (χ2v) is 10.2. The largest absolute Gasteiger partial charge is 0.496 e. The summed E-state index contributed by atoms with van der Waals surface area (Å²) in [6.07, 6.45) is 8.60. The van der Waals surface area contributed by atoms with E-state index in [9.17, 15) is 9.18 Å². The number of aryl methyl sites for hydroxylation is 2. The van der Waals surface area contributed by atoms with Crippen molar-refractivity contribution in [3.63, 3.8) is 0 Å². The normalized spacial score (nSPS) is 13.1. The van der Waals surface area contributed by atoms with E-state index in [-0.39, 0.29) is 11.7 Å². The first-order valence-corrected chi connectivity index (χ1v) is 14.1. The van der Waals surface area contributed by atoms with Gasteiger partial charge in [0.2, 0.25) is 5.91 Å². The van der Waals surface area contributed by atoms with Gasteiger partial charge in [-0.2, -0.15) is 0 Å². The molecule has 6 nitrogen and oxygen atoms in total. The third kappa shape index (κ3) is 8.31. The number of carbonyl (C=O) groups excluding carboxylic acids is 1. The second kappa shape index (κ2) is 14.5. The molecule has 200 valence electrons. The third-order valence-electron chi connectivity index (χ3n) is 6.52. The van der Waals surface area contributed by atoms with Crippen LogP contribution < -0.4 is 10.1 Å². The molecule has 0 bridgehead atoms. The average Bonchev–Trinajstić information content (AvgIpc) is 3.34. The molecule has 1 heterocycles. The number of nitrogens with one attached hydrogen (secondary N) is 1. The van der Waals surface area contributed by atoms with Crippen LogP contribution in [0.3, 0.4) is 0 Å². The summed E-state index contributed by atoms with van der Waals surface area (Å²) in [4.78, 5) is 12.4. The van der Waals surface area contributed by atoms with E-state index in [0.717, 1.165) is 72.9 Å². The lowest BCUT2D eigenvalue weighted by Gasteiger charge is -2.12. The smallest absolute Gasteiger partial charge is 0.220 e. The molecular formula is C30H35FN4O2S. The van der Waals surface area contributed by atoms with E-state index in [0.29, 0.717) is 18.7 Å². The van der Waals surface area contributed by atoms with Crippen LogP contribution in [0.15, 0.2) is 83.3 Å². The summed E-state index contributed by atoms with van der Waals surface area (Å²) in [5.74, 6) is 2.29. The molecule has 4 rings (SSSR count). The van der Waals surface area contributed by atoms with Crippen molar-refractivity contribution >= 4 is 17.7 Å². The van der Waals surface area contributed by atoms with E-state index in [1.807, 2.05) is 30.3 Å². The van der Waals surface area contributed by atoms with Crippen molar-refractivity contribution in [1.82, 2.24) is 20.1 Å². The van der Waals surface area contributed by atoms with E-state index >= 15 is 0 Å². The molecule has 1 aromatic heterocycles. The molecule has 0 saturated carbocycles. The van der Waals surface area contributed by atoms with Crippen LogP contribution in [0.25, 0.3) is 0 Å². The van der Waals surface area contributed by atoms with Gasteiger partial charge in [-0.15, -0.1) is 10.2 Å². The van der Waals surface area contributed by atoms with Gasteiger partial charge in [-0.3, -0.25) is 4.79 Å². The number of hydrogen-bond acceptors (Lipinski definition) is 5. The van der Waals surface area contributed by atoms with Crippen LogP contribution in [0.5, 0.6) is 5.75 Å². The first kappa shape index (κ1) is 27.6. The van der Waals surface area contributed by atoms with Crippen LogP contribution in [0, 0.1) is 0 Å². The maximum Gasteiger partial charge on any atom is 0.220 e. The van der Waals surface area contributed by atoms with Gasteiger partial charge in [-0.05, 0) is 55.9 Å². The molecule has 2 aromatic carbocycles. The zero-order chi connectivity index (χ0) is 26.6. The number of methoxy groups -OCH3 is 1. The molecule has 0 unspecified atom stereocenters. The van der Waals surface area contributed by atoms with Crippen LogP contribution in [0.2, 0.25) is 0 Å². The van der Waals surface area contributed by atoms with Crippen LogP contribution in [0.1, 0.15) is 49.1 Å². The van der Waals surface area contributed by atoms with E-state index in [2.05, 4.69) is 44.3 Å². The first-order chi connectivity index (χ1) is 18.6. The van der Waals surface area contributed by atoms with Gasteiger partial charge in [-0.25, -0.2) is 4.39 Å². The number of carbonyl (C=O) groups is 1. The Hall–Kier alpha value is -3.39. The average molecular weight is 535 g/mol. The summed E-state index contributed by atoms with van der Waals surface area (Å²) in [5, 5.41) is 12.8. The molecule has 38 heavy (non-hydrogen) atoms. The van der Waals surface area contributed by atoms with Crippen LogP contribution in [0.4, 0.5) is 4.39 Å². The number of halogens is 1. The number of thioether (sulfide) groups is 1. The van der Waals surface area contributed by atoms with Gasteiger partial charge in [0.05, 0.1) is 7.11 Å². The number of hydrogen-bond donors (Lipinski definition) is 1. The van der Waals surface area contributed by atoms with Crippen molar-refractivity contribution in [2.24, 2.45) is 0 Å². The maximum absolute atomic E-state index is 13.7. The van der Waals surface area contributed by atoms with Gasteiger partial charge >= 0.3 is 0 Å². The lowest BCUT2D eigenvalue weighted by Crippen LogP contribution is -2.22. The standard InChI is InChI=1S/C30H35FN4O2S/c1-37-27-15-6-5-13-25(27)21-32-29(36)17-8-7-16-28-33-34-30(38-22-24-12-9-14-26(31)20-24)35(28)19-18-23-10-3-2-4-11-23/h2-6,10-11,13-15,20H,7-9,12,16-19,21-22H2,1H3,(H,32,36). The number of amides is 1. The van der Waals surface area contributed by atoms with Gasteiger partial charge in [0.15, 0.2) is 5.16 Å². The molecular weight excluding hydrogens is 499 g/mol. The number of aromatic nitrogens is 3. The van der Waals surface area contributed by atoms with E-state index in [1.165, 1.54) is 5.56 Å². The number of unbranched alkanes of at least 4 members (excludes halogenated alkanes) is 1. The minimum Gasteiger partial charge on any atom is -0.496 e. The molecule has 0 aliphatic heterocycles.